The summed E-state index contributed by atoms with van der Waals surface area (Å²) < 4.78 is 6.86. The molecule has 2 aromatic heterocycles. The predicted molar refractivity (Wildman–Crippen MR) is 103 cm³/mol. The van der Waals surface area contributed by atoms with Crippen LogP contribution in [0.25, 0.3) is 0 Å². The monoisotopic (exact) mass is 398 g/mol. The first-order valence-corrected chi connectivity index (χ1v) is 9.37. The number of rotatable bonds is 4. The van der Waals surface area contributed by atoms with Crippen LogP contribution in [-0.4, -0.2) is 57.6 Å². The Kier molecular flexibility index (Phi) is 5.16. The molecule has 1 fully saturated rings. The third-order valence-corrected chi connectivity index (χ3v) is 5.13. The van der Waals surface area contributed by atoms with Crippen molar-refractivity contribution in [2.45, 2.75) is 6.54 Å². The van der Waals surface area contributed by atoms with E-state index < -0.39 is 0 Å². The SMILES string of the molecule is O=C(c1cnn(Cc2ccccc2Cl)c1)N1CCN(C(=O)c2ccco2)CC1. The average molecular weight is 399 g/mol. The molecule has 0 radical (unpaired) electrons. The largest absolute Gasteiger partial charge is 0.459 e. The zero-order valence-electron chi connectivity index (χ0n) is 15.1. The van der Waals surface area contributed by atoms with Crippen molar-refractivity contribution in [1.82, 2.24) is 19.6 Å². The van der Waals surface area contributed by atoms with Gasteiger partial charge in [-0.3, -0.25) is 14.3 Å². The van der Waals surface area contributed by atoms with Crippen molar-refractivity contribution in [1.29, 1.82) is 0 Å². The van der Waals surface area contributed by atoms with E-state index in [0.29, 0.717) is 49.1 Å². The summed E-state index contributed by atoms with van der Waals surface area (Å²) in [5, 5.41) is 4.95. The first kappa shape index (κ1) is 18.3. The Balaban J connectivity index is 1.36. The summed E-state index contributed by atoms with van der Waals surface area (Å²) in [7, 11) is 0. The molecule has 28 heavy (non-hydrogen) atoms. The molecule has 3 aromatic rings. The maximum Gasteiger partial charge on any atom is 0.289 e. The van der Waals surface area contributed by atoms with Crippen LogP contribution in [0.3, 0.4) is 0 Å². The van der Waals surface area contributed by atoms with Gasteiger partial charge in [0.15, 0.2) is 5.76 Å². The minimum atomic E-state index is -0.148. The highest BCUT2D eigenvalue weighted by Crippen LogP contribution is 2.17. The van der Waals surface area contributed by atoms with Gasteiger partial charge < -0.3 is 14.2 Å². The Morgan fingerprint density at radius 2 is 1.71 bits per heavy atom. The van der Waals surface area contributed by atoms with Crippen molar-refractivity contribution in [3.8, 4) is 0 Å². The Bertz CT molecular complexity index is 975. The molecular weight excluding hydrogens is 380 g/mol. The molecule has 1 aliphatic rings. The number of carbonyl (C=O) groups excluding carboxylic acids is 2. The van der Waals surface area contributed by atoms with E-state index in [-0.39, 0.29) is 11.8 Å². The van der Waals surface area contributed by atoms with Gasteiger partial charge in [-0.05, 0) is 23.8 Å². The summed E-state index contributed by atoms with van der Waals surface area (Å²) >= 11 is 6.19. The van der Waals surface area contributed by atoms with Gasteiger partial charge in [0, 0.05) is 37.4 Å². The molecule has 1 aliphatic heterocycles. The second-order valence-electron chi connectivity index (χ2n) is 6.58. The molecule has 0 aliphatic carbocycles. The molecule has 144 valence electrons. The van der Waals surface area contributed by atoms with Gasteiger partial charge in [-0.25, -0.2) is 0 Å². The molecule has 0 spiro atoms. The number of aromatic nitrogens is 2. The minimum Gasteiger partial charge on any atom is -0.459 e. The molecule has 0 N–H and O–H groups in total. The van der Waals surface area contributed by atoms with Gasteiger partial charge in [0.1, 0.15) is 0 Å². The number of carbonyl (C=O) groups is 2. The molecule has 4 rings (SSSR count). The number of hydrogen-bond acceptors (Lipinski definition) is 4. The summed E-state index contributed by atoms with van der Waals surface area (Å²) in [5.74, 6) is 0.0841. The number of piperazine rings is 1. The van der Waals surface area contributed by atoms with Crippen LogP contribution in [0, 0.1) is 0 Å². The van der Waals surface area contributed by atoms with Gasteiger partial charge in [0.2, 0.25) is 0 Å². The molecular formula is C20H19ClN4O3. The quantitative estimate of drug-likeness (QED) is 0.677. The lowest BCUT2D eigenvalue weighted by Crippen LogP contribution is -2.50. The van der Waals surface area contributed by atoms with E-state index in [9.17, 15) is 9.59 Å². The number of furan rings is 1. The summed E-state index contributed by atoms with van der Waals surface area (Å²) in [6.45, 7) is 2.39. The lowest BCUT2D eigenvalue weighted by Gasteiger charge is -2.34. The Labute approximate surface area is 167 Å². The average Bonchev–Trinajstić information content (AvgIpc) is 3.41. The highest BCUT2D eigenvalue weighted by Gasteiger charge is 2.27. The first-order valence-electron chi connectivity index (χ1n) is 9.00. The highest BCUT2D eigenvalue weighted by molar-refractivity contribution is 6.31. The standard InChI is InChI=1S/C20H19ClN4O3/c21-17-5-2-1-4-15(17)13-25-14-16(12-22-25)19(26)23-7-9-24(10-8-23)20(27)18-6-3-11-28-18/h1-6,11-12,14H,7-10,13H2. The summed E-state index contributed by atoms with van der Waals surface area (Å²) in [6.07, 6.45) is 4.78. The summed E-state index contributed by atoms with van der Waals surface area (Å²) in [4.78, 5) is 28.5. The van der Waals surface area contributed by atoms with Crippen molar-refractivity contribution in [3.63, 3.8) is 0 Å². The second-order valence-corrected chi connectivity index (χ2v) is 6.99. The van der Waals surface area contributed by atoms with Crippen LogP contribution in [-0.2, 0) is 6.54 Å². The molecule has 3 heterocycles. The number of hydrogen-bond donors (Lipinski definition) is 0. The maximum absolute atomic E-state index is 12.8. The normalized spacial score (nSPS) is 14.3. The molecule has 2 amide bonds. The second kappa shape index (κ2) is 7.90. The smallest absolute Gasteiger partial charge is 0.289 e. The van der Waals surface area contributed by atoms with Gasteiger partial charge in [-0.2, -0.15) is 5.10 Å². The third-order valence-electron chi connectivity index (χ3n) is 4.76. The van der Waals surface area contributed by atoms with Crippen molar-refractivity contribution in [3.05, 3.63) is 77.0 Å². The Morgan fingerprint density at radius 3 is 2.39 bits per heavy atom. The third kappa shape index (κ3) is 3.80. The lowest BCUT2D eigenvalue weighted by atomic mass is 10.2. The lowest BCUT2D eigenvalue weighted by molar-refractivity contribution is 0.0518. The summed E-state index contributed by atoms with van der Waals surface area (Å²) in [6, 6.07) is 10.9. The fourth-order valence-corrected chi connectivity index (χ4v) is 3.41. The number of benzene rings is 1. The fraction of sp³-hybridized carbons (Fsp3) is 0.250. The zero-order valence-corrected chi connectivity index (χ0v) is 15.9. The Morgan fingerprint density at radius 1 is 1.00 bits per heavy atom. The van der Waals surface area contributed by atoms with Gasteiger partial charge in [-0.1, -0.05) is 29.8 Å². The molecule has 0 atom stereocenters. The van der Waals surface area contributed by atoms with Gasteiger partial charge in [0.05, 0.1) is 24.6 Å². The van der Waals surface area contributed by atoms with E-state index in [1.165, 1.54) is 6.26 Å². The van der Waals surface area contributed by atoms with Gasteiger partial charge in [0.25, 0.3) is 11.8 Å². The van der Waals surface area contributed by atoms with E-state index in [1.54, 1.807) is 39.0 Å². The fourth-order valence-electron chi connectivity index (χ4n) is 3.21. The molecule has 8 heteroatoms. The van der Waals surface area contributed by atoms with Crippen molar-refractivity contribution in [2.24, 2.45) is 0 Å². The van der Waals surface area contributed by atoms with E-state index in [2.05, 4.69) is 5.10 Å². The predicted octanol–water partition coefficient (Wildman–Crippen LogP) is 2.78. The van der Waals surface area contributed by atoms with Crippen molar-refractivity contribution in [2.75, 3.05) is 26.2 Å². The number of halogens is 1. The maximum atomic E-state index is 12.8. The van der Waals surface area contributed by atoms with Crippen LogP contribution in [0.2, 0.25) is 5.02 Å². The van der Waals surface area contributed by atoms with Gasteiger partial charge in [-0.15, -0.1) is 0 Å². The first-order chi connectivity index (χ1) is 13.6. The van der Waals surface area contributed by atoms with E-state index in [0.717, 1.165) is 5.56 Å². The highest BCUT2D eigenvalue weighted by atomic mass is 35.5. The van der Waals surface area contributed by atoms with Crippen LogP contribution in [0.5, 0.6) is 0 Å². The van der Waals surface area contributed by atoms with Crippen molar-refractivity contribution >= 4 is 23.4 Å². The number of amides is 2. The molecule has 0 bridgehead atoms. The van der Waals surface area contributed by atoms with Crippen LogP contribution in [0.1, 0.15) is 26.5 Å². The van der Waals surface area contributed by atoms with Gasteiger partial charge >= 0.3 is 0 Å². The molecule has 7 nitrogen and oxygen atoms in total. The van der Waals surface area contributed by atoms with Crippen molar-refractivity contribution < 1.29 is 14.0 Å². The molecule has 0 unspecified atom stereocenters. The Hall–Kier alpha value is -3.06. The van der Waals surface area contributed by atoms with Crippen LogP contribution in [0.4, 0.5) is 0 Å². The molecule has 0 saturated carbocycles. The van der Waals surface area contributed by atoms with E-state index in [4.69, 9.17) is 16.0 Å². The zero-order chi connectivity index (χ0) is 19.5. The van der Waals surface area contributed by atoms with E-state index >= 15 is 0 Å². The van der Waals surface area contributed by atoms with Crippen LogP contribution in [0.15, 0.2) is 59.5 Å². The minimum absolute atomic E-state index is 0.0875. The summed E-state index contributed by atoms with van der Waals surface area (Å²) in [5.41, 5.74) is 1.47. The van der Waals surface area contributed by atoms with Crippen LogP contribution >= 0.6 is 11.6 Å². The molecule has 1 aromatic carbocycles. The van der Waals surface area contributed by atoms with E-state index in [1.807, 2.05) is 24.3 Å². The topological polar surface area (TPSA) is 71.6 Å². The van der Waals surface area contributed by atoms with Crippen LogP contribution < -0.4 is 0 Å². The number of nitrogens with zero attached hydrogens (tertiary/aromatic N) is 4. The molecule has 1 saturated heterocycles.